The average molecular weight is 309 g/mol. The van der Waals surface area contributed by atoms with E-state index in [2.05, 4.69) is 0 Å². The number of hydrogen-bond donors (Lipinski definition) is 1. The first-order chi connectivity index (χ1) is 8.42. The zero-order valence-corrected chi connectivity index (χ0v) is 12.0. The molecule has 2 rings (SSSR count). The molecule has 1 aromatic carbocycles. The van der Waals surface area contributed by atoms with Gasteiger partial charge in [-0.15, -0.1) is 0 Å². The molecule has 1 aliphatic rings. The van der Waals surface area contributed by atoms with E-state index in [1.54, 1.807) is 12.1 Å². The molecule has 1 saturated heterocycles. The molecule has 0 bridgehead atoms. The summed E-state index contributed by atoms with van der Waals surface area (Å²) in [6.07, 6.45) is 0.821. The van der Waals surface area contributed by atoms with Crippen LogP contribution in [0.5, 0.6) is 0 Å². The number of sulfone groups is 1. The Morgan fingerprint density at radius 3 is 2.67 bits per heavy atom. The third kappa shape index (κ3) is 2.82. The predicted molar refractivity (Wildman–Crippen MR) is 72.8 cm³/mol. The van der Waals surface area contributed by atoms with Crippen molar-refractivity contribution in [2.75, 3.05) is 5.75 Å². The van der Waals surface area contributed by atoms with Gasteiger partial charge in [0.2, 0.25) is 0 Å². The second kappa shape index (κ2) is 5.37. The molecule has 3 nitrogen and oxygen atoms in total. The fourth-order valence-corrected chi connectivity index (χ4v) is 4.66. The minimum Gasteiger partial charge on any atom is -0.387 e. The Balaban J connectivity index is 2.35. The van der Waals surface area contributed by atoms with Gasteiger partial charge in [-0.25, -0.2) is 8.42 Å². The van der Waals surface area contributed by atoms with Gasteiger partial charge in [-0.3, -0.25) is 0 Å². The number of aliphatic hydroxyl groups excluding tert-OH is 1. The molecule has 1 N–H and O–H groups in total. The van der Waals surface area contributed by atoms with Gasteiger partial charge in [0, 0.05) is 15.6 Å². The zero-order valence-electron chi connectivity index (χ0n) is 9.64. The van der Waals surface area contributed by atoms with Crippen LogP contribution in [0.1, 0.15) is 30.9 Å². The van der Waals surface area contributed by atoms with Crippen molar-refractivity contribution in [2.24, 2.45) is 0 Å². The lowest BCUT2D eigenvalue weighted by atomic mass is 10.0. The van der Waals surface area contributed by atoms with Crippen molar-refractivity contribution in [3.05, 3.63) is 33.8 Å². The van der Waals surface area contributed by atoms with Gasteiger partial charge in [-0.2, -0.15) is 0 Å². The Hall–Kier alpha value is -0.290. The summed E-state index contributed by atoms with van der Waals surface area (Å²) in [4.78, 5) is 0. The van der Waals surface area contributed by atoms with Crippen LogP contribution >= 0.6 is 23.2 Å². The molecule has 100 valence electrons. The number of rotatable bonds is 2. The first-order valence-electron chi connectivity index (χ1n) is 5.76. The molecule has 18 heavy (non-hydrogen) atoms. The van der Waals surface area contributed by atoms with Gasteiger partial charge in [0.1, 0.15) is 0 Å². The molecule has 0 spiro atoms. The summed E-state index contributed by atoms with van der Waals surface area (Å²) in [7, 11) is -3.25. The molecule has 0 aromatic heterocycles. The molecule has 1 aromatic rings. The summed E-state index contributed by atoms with van der Waals surface area (Å²) in [5.41, 5.74) is 0.389. The summed E-state index contributed by atoms with van der Waals surface area (Å²) >= 11 is 11.8. The van der Waals surface area contributed by atoms with Gasteiger partial charge in [-0.1, -0.05) is 29.6 Å². The maximum absolute atomic E-state index is 12.0. The van der Waals surface area contributed by atoms with Crippen LogP contribution in [-0.2, 0) is 9.84 Å². The maximum atomic E-state index is 12.0. The lowest BCUT2D eigenvalue weighted by molar-refractivity contribution is 0.164. The quantitative estimate of drug-likeness (QED) is 0.913. The third-order valence-corrected chi connectivity index (χ3v) is 6.11. The van der Waals surface area contributed by atoms with Crippen molar-refractivity contribution in [1.82, 2.24) is 0 Å². The topological polar surface area (TPSA) is 54.4 Å². The molecule has 2 unspecified atom stereocenters. The monoisotopic (exact) mass is 308 g/mol. The highest BCUT2D eigenvalue weighted by molar-refractivity contribution is 7.92. The number of halogens is 2. The van der Waals surface area contributed by atoms with Gasteiger partial charge in [-0.05, 0) is 31.0 Å². The first kappa shape index (κ1) is 14.1. The van der Waals surface area contributed by atoms with Crippen LogP contribution in [0.15, 0.2) is 18.2 Å². The fraction of sp³-hybridized carbons (Fsp3) is 0.500. The fourth-order valence-electron chi connectivity index (χ4n) is 2.28. The summed E-state index contributed by atoms with van der Waals surface area (Å²) in [6.45, 7) is 0. The molecule has 1 heterocycles. The van der Waals surface area contributed by atoms with E-state index in [1.807, 2.05) is 0 Å². The Morgan fingerprint density at radius 2 is 2.00 bits per heavy atom. The van der Waals surface area contributed by atoms with Gasteiger partial charge >= 0.3 is 0 Å². The van der Waals surface area contributed by atoms with Crippen molar-refractivity contribution in [1.29, 1.82) is 0 Å². The molecule has 0 aliphatic carbocycles. The highest BCUT2D eigenvalue weighted by Crippen LogP contribution is 2.35. The van der Waals surface area contributed by atoms with Crippen LogP contribution in [0.25, 0.3) is 0 Å². The first-order valence-corrected chi connectivity index (χ1v) is 8.23. The van der Waals surface area contributed by atoms with E-state index in [0.29, 0.717) is 28.5 Å². The number of benzene rings is 1. The van der Waals surface area contributed by atoms with Crippen molar-refractivity contribution >= 4 is 33.0 Å². The molecule has 0 saturated carbocycles. The molecular weight excluding hydrogens is 295 g/mol. The molecule has 6 heteroatoms. The normalized spacial score (nSPS) is 24.7. The number of aliphatic hydroxyl groups is 1. The SMILES string of the molecule is O=S1(=O)CCCCC1C(O)c1cc(Cl)ccc1Cl. The van der Waals surface area contributed by atoms with Crippen molar-refractivity contribution in [3.8, 4) is 0 Å². The molecular formula is C12H14Cl2O3S. The second-order valence-electron chi connectivity index (χ2n) is 4.51. The van der Waals surface area contributed by atoms with E-state index in [9.17, 15) is 13.5 Å². The van der Waals surface area contributed by atoms with Gasteiger partial charge in [0.15, 0.2) is 9.84 Å². The lowest BCUT2D eigenvalue weighted by Crippen LogP contribution is -2.34. The standard InChI is InChI=1S/C12H14Cl2O3S/c13-8-4-5-10(14)9(7-8)12(15)11-3-1-2-6-18(11,16)17/h4-5,7,11-12,15H,1-3,6H2. The smallest absolute Gasteiger partial charge is 0.156 e. The van der Waals surface area contributed by atoms with Crippen LogP contribution < -0.4 is 0 Å². The van der Waals surface area contributed by atoms with Crippen LogP contribution in [0, 0.1) is 0 Å². The van der Waals surface area contributed by atoms with E-state index in [4.69, 9.17) is 23.2 Å². The Labute approximate surface area is 117 Å². The summed E-state index contributed by atoms with van der Waals surface area (Å²) in [5.74, 6) is 0.132. The maximum Gasteiger partial charge on any atom is 0.156 e. The molecule has 1 fully saturated rings. The Bertz CT molecular complexity index is 542. The van der Waals surface area contributed by atoms with Gasteiger partial charge < -0.3 is 5.11 Å². The van der Waals surface area contributed by atoms with Crippen molar-refractivity contribution in [2.45, 2.75) is 30.6 Å². The van der Waals surface area contributed by atoms with E-state index < -0.39 is 21.2 Å². The Morgan fingerprint density at radius 1 is 1.28 bits per heavy atom. The van der Waals surface area contributed by atoms with E-state index >= 15 is 0 Å². The zero-order chi connectivity index (χ0) is 13.3. The predicted octanol–water partition coefficient (Wildman–Crippen LogP) is 2.99. The summed E-state index contributed by atoms with van der Waals surface area (Å²) in [6, 6.07) is 4.70. The highest BCUT2D eigenvalue weighted by atomic mass is 35.5. The minimum atomic E-state index is -3.25. The van der Waals surface area contributed by atoms with Crippen molar-refractivity contribution in [3.63, 3.8) is 0 Å². The molecule has 2 atom stereocenters. The third-order valence-electron chi connectivity index (χ3n) is 3.26. The minimum absolute atomic E-state index is 0.132. The summed E-state index contributed by atoms with van der Waals surface area (Å²) < 4.78 is 23.9. The highest BCUT2D eigenvalue weighted by Gasteiger charge is 2.36. The van der Waals surface area contributed by atoms with Crippen molar-refractivity contribution < 1.29 is 13.5 Å². The van der Waals surface area contributed by atoms with Crippen LogP contribution in [0.2, 0.25) is 10.0 Å². The van der Waals surface area contributed by atoms with Gasteiger partial charge in [0.25, 0.3) is 0 Å². The van der Waals surface area contributed by atoms with E-state index in [1.165, 1.54) is 6.07 Å². The van der Waals surface area contributed by atoms with E-state index in [0.717, 1.165) is 6.42 Å². The largest absolute Gasteiger partial charge is 0.387 e. The van der Waals surface area contributed by atoms with Crippen LogP contribution in [0.4, 0.5) is 0 Å². The molecule has 0 radical (unpaired) electrons. The van der Waals surface area contributed by atoms with E-state index in [-0.39, 0.29) is 5.75 Å². The molecule has 0 amide bonds. The summed E-state index contributed by atoms with van der Waals surface area (Å²) in [5, 5.41) is 10.3. The number of hydrogen-bond acceptors (Lipinski definition) is 3. The van der Waals surface area contributed by atoms with Gasteiger partial charge in [0.05, 0.1) is 17.1 Å². The van der Waals surface area contributed by atoms with Crippen LogP contribution in [0.3, 0.4) is 0 Å². The average Bonchev–Trinajstić information content (AvgIpc) is 2.31. The lowest BCUT2D eigenvalue weighted by Gasteiger charge is -2.27. The molecule has 1 aliphatic heterocycles. The Kier molecular flexibility index (Phi) is 4.22. The van der Waals surface area contributed by atoms with Crippen LogP contribution in [-0.4, -0.2) is 24.5 Å². The second-order valence-corrected chi connectivity index (χ2v) is 7.69.